The van der Waals surface area contributed by atoms with Gasteiger partial charge >= 0.3 is 5.97 Å². The average Bonchev–Trinajstić information content (AvgIpc) is 3.98. The van der Waals surface area contributed by atoms with E-state index in [1.165, 1.54) is 6.08 Å². The summed E-state index contributed by atoms with van der Waals surface area (Å²) in [5.74, 6) is 1.37. The van der Waals surface area contributed by atoms with E-state index in [-0.39, 0.29) is 54.9 Å². The van der Waals surface area contributed by atoms with E-state index in [0.717, 1.165) is 16.7 Å². The number of terminal acetylenes is 1. The number of fused-ring (bicyclic) bond motifs is 9. The van der Waals surface area contributed by atoms with E-state index >= 15 is 0 Å². The minimum absolute atomic E-state index is 0.123. The van der Waals surface area contributed by atoms with E-state index in [9.17, 15) is 15.0 Å². The molecule has 2 N–H and O–H groups in total. The number of carbonyl (C=O) groups is 1. The fourth-order valence-corrected chi connectivity index (χ4v) is 10.4. The molecule has 15 nitrogen and oxygen atoms in total. The first kappa shape index (κ1) is 52.4. The third-order valence-electron chi connectivity index (χ3n) is 14.1. The number of aliphatic hydroxyl groups excluding tert-OH is 2. The van der Waals surface area contributed by atoms with Crippen LogP contribution in [0.3, 0.4) is 0 Å². The smallest absolute Gasteiger partial charge is 0.330 e. The van der Waals surface area contributed by atoms with Gasteiger partial charge in [0.1, 0.15) is 36.1 Å². The molecule has 0 aliphatic carbocycles. The van der Waals surface area contributed by atoms with Crippen molar-refractivity contribution in [1.82, 2.24) is 9.97 Å². The number of hydrogen-bond donors (Lipinski definition) is 2. The molecule has 15 heteroatoms. The van der Waals surface area contributed by atoms with Crippen LogP contribution in [0.1, 0.15) is 121 Å². The number of esters is 1. The highest BCUT2D eigenvalue weighted by atomic mass is 16.7. The standard InChI is InChI=1S/C54H72N2O13/c1-10-13-39(60-7)19-18-32(2)22-45(58)48-27-43(61-8)28-54(62-9,69-48)29-50-55-37(30-63-50)23-34(4)52-36(6)53-35(5)46(67-52)15-12-16-49-56-44(31-64-49)47-25-38(57)24-42(66-47)26-41-21-33(3)20-40(65-41)14-11-17-51(59)68-53/h1,11-12,16-19,22-23,30-31,35-36,38-43,45-48,52-53,57-58H,3,13-15,20-21,24-29H2,2,4-9H3/t35-,36-,38+,39+,40-,41+,42-,43+,45+,46+,47+,48+,52-,53-,54-/m0/s1. The van der Waals surface area contributed by atoms with E-state index in [4.69, 9.17) is 63.1 Å². The van der Waals surface area contributed by atoms with Crippen molar-refractivity contribution in [1.29, 1.82) is 0 Å². The number of carbonyl (C=O) groups excluding carboxylic acids is 1. The fourth-order valence-electron chi connectivity index (χ4n) is 10.4. The molecule has 0 aromatic carbocycles. The lowest BCUT2D eigenvalue weighted by molar-refractivity contribution is -0.298. The molecule has 7 rings (SSSR count). The summed E-state index contributed by atoms with van der Waals surface area (Å²) in [6, 6.07) is 0. The van der Waals surface area contributed by atoms with Crippen LogP contribution in [0.25, 0.3) is 12.2 Å². The Morgan fingerprint density at radius 3 is 2.55 bits per heavy atom. The summed E-state index contributed by atoms with van der Waals surface area (Å²) in [4.78, 5) is 23.1. The van der Waals surface area contributed by atoms with Gasteiger partial charge in [-0.25, -0.2) is 14.8 Å². The molecule has 376 valence electrons. The second-order valence-electron chi connectivity index (χ2n) is 19.5. The maximum absolute atomic E-state index is 13.6. The van der Waals surface area contributed by atoms with Crippen molar-refractivity contribution in [3.8, 4) is 12.3 Å². The number of ether oxygens (including phenoxy) is 8. The van der Waals surface area contributed by atoms with Crippen LogP contribution in [0.4, 0.5) is 0 Å². The minimum Gasteiger partial charge on any atom is -0.458 e. The second kappa shape index (κ2) is 24.1. The number of oxazole rings is 2. The fraction of sp³-hybridized carbons (Fsp3) is 0.611. The highest BCUT2D eigenvalue weighted by Crippen LogP contribution is 2.40. The van der Waals surface area contributed by atoms with E-state index in [1.807, 2.05) is 64.2 Å². The van der Waals surface area contributed by atoms with Crippen molar-refractivity contribution in [2.75, 3.05) is 21.3 Å². The maximum atomic E-state index is 13.6. The number of allylic oxidation sites excluding steroid dienone is 2. The van der Waals surface area contributed by atoms with Crippen LogP contribution in [0, 0.1) is 24.2 Å². The van der Waals surface area contributed by atoms with E-state index in [2.05, 4.69) is 12.5 Å². The number of hydrogen-bond acceptors (Lipinski definition) is 15. The SMILES string of the molecule is C#CC[C@H](C=CC(C)=C[C@@H](O)[C@H]1C[C@@H](OC)C[C@](Cc2nc(C=C(C)[C@@H]3O[C@@H]4CC=Cc5nc(co5)[C@H]5C[C@H](O)C[C@@H](C[C@H]6CC(=C)C[C@H](CC=CC(=O)O[C@@H]([C@H]4C)[C@H]3C)O6)O5)co2)(OC)O1)OC. The summed E-state index contributed by atoms with van der Waals surface area (Å²) in [7, 11) is 4.80. The van der Waals surface area contributed by atoms with Gasteiger partial charge in [0.2, 0.25) is 5.89 Å². The van der Waals surface area contributed by atoms with Crippen LogP contribution in [0.15, 0.2) is 81.1 Å². The van der Waals surface area contributed by atoms with Crippen molar-refractivity contribution in [2.45, 2.75) is 177 Å². The van der Waals surface area contributed by atoms with Gasteiger partial charge in [0.25, 0.3) is 0 Å². The van der Waals surface area contributed by atoms with Crippen LogP contribution in [-0.4, -0.2) is 120 Å². The monoisotopic (exact) mass is 957 g/mol. The normalized spacial score (nSPS) is 35.0. The first-order valence-corrected chi connectivity index (χ1v) is 24.4. The zero-order valence-corrected chi connectivity index (χ0v) is 41.2. The molecule has 5 aliphatic rings. The summed E-state index contributed by atoms with van der Waals surface area (Å²) >= 11 is 0. The van der Waals surface area contributed by atoms with Crippen LogP contribution in [-0.2, 0) is 49.1 Å². The third-order valence-corrected chi connectivity index (χ3v) is 14.1. The minimum atomic E-state index is -1.20. The Kier molecular flexibility index (Phi) is 18.3. The molecule has 4 saturated heterocycles. The van der Waals surface area contributed by atoms with Gasteiger partial charge in [0.15, 0.2) is 11.7 Å². The average molecular weight is 957 g/mol. The zero-order chi connectivity index (χ0) is 49.2. The molecule has 0 saturated carbocycles. The predicted molar refractivity (Wildman–Crippen MR) is 257 cm³/mol. The topological polar surface area (TPSA) is 183 Å². The van der Waals surface area contributed by atoms with Crippen LogP contribution in [0.5, 0.6) is 0 Å². The number of nitrogens with zero attached hydrogens (tertiary/aromatic N) is 2. The Morgan fingerprint density at radius 2 is 1.78 bits per heavy atom. The Hall–Kier alpha value is -4.47. The molecule has 0 radical (unpaired) electrons. The van der Waals surface area contributed by atoms with Crippen molar-refractivity contribution in [2.24, 2.45) is 11.8 Å². The Labute approximate surface area is 407 Å². The highest BCUT2D eigenvalue weighted by Gasteiger charge is 2.46. The van der Waals surface area contributed by atoms with Gasteiger partial charge in [-0.05, 0) is 63.7 Å². The van der Waals surface area contributed by atoms with Gasteiger partial charge in [-0.3, -0.25) is 0 Å². The van der Waals surface area contributed by atoms with E-state index in [0.29, 0.717) is 87.4 Å². The first-order valence-electron chi connectivity index (χ1n) is 24.4. The molecule has 8 bridgehead atoms. The van der Waals surface area contributed by atoms with Crippen LogP contribution in [0.2, 0.25) is 0 Å². The molecule has 69 heavy (non-hydrogen) atoms. The molecule has 0 amide bonds. The van der Waals surface area contributed by atoms with E-state index in [1.54, 1.807) is 39.9 Å². The number of aliphatic hydroxyl groups is 2. The van der Waals surface area contributed by atoms with Crippen LogP contribution < -0.4 is 0 Å². The molecule has 4 fully saturated rings. The maximum Gasteiger partial charge on any atom is 0.330 e. The van der Waals surface area contributed by atoms with Gasteiger partial charge in [-0.1, -0.05) is 62.0 Å². The number of aromatic nitrogens is 2. The number of methoxy groups -OCH3 is 3. The molecule has 2 aromatic heterocycles. The lowest BCUT2D eigenvalue weighted by atomic mass is 9.79. The lowest BCUT2D eigenvalue weighted by Crippen LogP contribution is -2.52. The van der Waals surface area contributed by atoms with Gasteiger partial charge in [0, 0.05) is 71.3 Å². The van der Waals surface area contributed by atoms with Crippen molar-refractivity contribution in [3.63, 3.8) is 0 Å². The largest absolute Gasteiger partial charge is 0.458 e. The quantitative estimate of drug-likeness (QED) is 0.0899. The molecule has 5 aliphatic heterocycles. The molecular weight excluding hydrogens is 885 g/mol. The zero-order valence-electron chi connectivity index (χ0n) is 41.2. The summed E-state index contributed by atoms with van der Waals surface area (Å²) in [6.07, 6.45) is 23.7. The summed E-state index contributed by atoms with van der Waals surface area (Å²) in [5.41, 5.74) is 3.97. The Morgan fingerprint density at radius 1 is 0.986 bits per heavy atom. The molecular formula is C54H72N2O13. The Bertz CT molecular complexity index is 2230. The van der Waals surface area contributed by atoms with Gasteiger partial charge in [-0.15, -0.1) is 12.3 Å². The summed E-state index contributed by atoms with van der Waals surface area (Å²) < 4.78 is 61.8. The van der Waals surface area contributed by atoms with E-state index < -0.39 is 48.4 Å². The van der Waals surface area contributed by atoms with Crippen molar-refractivity contribution in [3.05, 3.63) is 95.4 Å². The Balaban J connectivity index is 1.08. The molecule has 7 heterocycles. The molecule has 0 unspecified atom stereocenters. The van der Waals surface area contributed by atoms with Crippen molar-refractivity contribution < 1.29 is 61.7 Å². The molecule has 2 aromatic rings. The summed E-state index contributed by atoms with van der Waals surface area (Å²) in [6.45, 7) is 12.2. The molecule has 15 atom stereocenters. The number of rotatable bonds is 12. The highest BCUT2D eigenvalue weighted by molar-refractivity contribution is 5.82. The van der Waals surface area contributed by atoms with Crippen molar-refractivity contribution >= 4 is 18.1 Å². The predicted octanol–water partition coefficient (Wildman–Crippen LogP) is 8.14. The van der Waals surface area contributed by atoms with Gasteiger partial charge in [-0.2, -0.15) is 0 Å². The molecule has 0 spiro atoms. The summed E-state index contributed by atoms with van der Waals surface area (Å²) in [5, 5.41) is 22.2. The second-order valence-corrected chi connectivity index (χ2v) is 19.5. The third kappa shape index (κ3) is 13.9. The van der Waals surface area contributed by atoms with Gasteiger partial charge in [0.05, 0.1) is 67.5 Å². The van der Waals surface area contributed by atoms with Crippen LogP contribution >= 0.6 is 0 Å². The van der Waals surface area contributed by atoms with Gasteiger partial charge < -0.3 is 56.9 Å². The first-order chi connectivity index (χ1) is 33.2. The lowest BCUT2D eigenvalue weighted by Gasteiger charge is -2.44.